The van der Waals surface area contributed by atoms with Crippen LogP contribution in [0.1, 0.15) is 98.8 Å². The number of carbonyl (C=O) groups excluding carboxylic acids is 2. The molecule has 0 fully saturated rings. The molecule has 11 nitrogen and oxygen atoms in total. The number of nitrogens with two attached hydrogens (primary N) is 1. The molecule has 14 heteroatoms. The van der Waals surface area contributed by atoms with Crippen molar-refractivity contribution in [2.75, 3.05) is 34.5 Å². The zero-order chi connectivity index (χ0) is 30.5. The van der Waals surface area contributed by atoms with Crippen LogP contribution in [-0.4, -0.2) is 79.2 Å². The van der Waals surface area contributed by atoms with Crippen molar-refractivity contribution in [3.8, 4) is 0 Å². The Kier molecular flexibility index (Phi) is 28.2. The molecule has 0 aliphatic heterocycles. The first kappa shape index (κ1) is 44.3. The van der Waals surface area contributed by atoms with Crippen LogP contribution in [0, 0.1) is 11.8 Å². The zero-order valence-corrected chi connectivity index (χ0v) is 30.2. The summed E-state index contributed by atoms with van der Waals surface area (Å²) in [5, 5.41) is -2.06. The molecule has 0 amide bonds. The van der Waals surface area contributed by atoms with Crippen molar-refractivity contribution in [3.63, 3.8) is 0 Å². The molecular weight excluding hydrogens is 569 g/mol. The molecule has 0 saturated carbocycles. The van der Waals surface area contributed by atoms with Gasteiger partial charge in [-0.25, -0.2) is 8.42 Å². The van der Waals surface area contributed by atoms with Crippen LogP contribution in [0.2, 0.25) is 0 Å². The molecule has 0 rings (SSSR count). The first-order chi connectivity index (χ1) is 18.4. The number of esters is 2. The largest absolute Gasteiger partial charge is 1.00 e. The fourth-order valence-electron chi connectivity index (χ4n) is 3.77. The minimum Gasteiger partial charge on any atom is -0.747 e. The second-order valence-electron chi connectivity index (χ2n) is 9.56. The third-order valence-electron chi connectivity index (χ3n) is 6.74. The molecule has 2 N–H and O–H groups in total. The van der Waals surface area contributed by atoms with Gasteiger partial charge in [-0.3, -0.25) is 9.59 Å². The fourth-order valence-corrected chi connectivity index (χ4v) is 6.32. The summed E-state index contributed by atoms with van der Waals surface area (Å²) in [5.41, 5.74) is 5.63. The Morgan fingerprint density at radius 3 is 1.52 bits per heavy atom. The molecule has 0 aromatic carbocycles. The van der Waals surface area contributed by atoms with Crippen LogP contribution in [-0.2, 0) is 42.5 Å². The summed E-state index contributed by atoms with van der Waals surface area (Å²) in [4.78, 5) is 24.1. The van der Waals surface area contributed by atoms with Crippen LogP contribution in [0.4, 0.5) is 0 Å². The molecule has 0 aliphatic carbocycles. The molecule has 0 bridgehead atoms. The topological polar surface area (TPSA) is 164 Å². The van der Waals surface area contributed by atoms with E-state index in [2.05, 4.69) is 13.8 Å². The third kappa shape index (κ3) is 18.4. The van der Waals surface area contributed by atoms with Crippen molar-refractivity contribution >= 4 is 30.9 Å². The van der Waals surface area contributed by atoms with Gasteiger partial charge in [-0.1, -0.05) is 73.1 Å². The second kappa shape index (κ2) is 25.4. The van der Waals surface area contributed by atoms with E-state index >= 15 is 0 Å². The molecule has 0 radical (unpaired) electrons. The van der Waals surface area contributed by atoms with Crippen molar-refractivity contribution < 1.29 is 74.9 Å². The molecule has 4 unspecified atom stereocenters. The van der Waals surface area contributed by atoms with Crippen LogP contribution >= 0.6 is 0 Å². The smallest absolute Gasteiger partial charge is 0.747 e. The van der Waals surface area contributed by atoms with E-state index < -0.39 is 42.5 Å². The van der Waals surface area contributed by atoms with Gasteiger partial charge in [0.05, 0.1) is 25.3 Å². The number of ether oxygens (including phenoxy) is 2. The Balaban J connectivity index is -0.000000960. The van der Waals surface area contributed by atoms with Crippen molar-refractivity contribution in [3.05, 3.63) is 0 Å². The maximum atomic E-state index is 12.1. The molecule has 0 aromatic rings. The summed E-state index contributed by atoms with van der Waals surface area (Å²) in [6, 6.07) is 0. The van der Waals surface area contributed by atoms with Crippen LogP contribution in [0.15, 0.2) is 0 Å². The third-order valence-corrected chi connectivity index (χ3v) is 10.8. The second-order valence-corrected chi connectivity index (χ2v) is 14.3. The van der Waals surface area contributed by atoms with E-state index in [1.807, 2.05) is 20.8 Å². The molecule has 0 spiro atoms. The van der Waals surface area contributed by atoms with Gasteiger partial charge in [0.15, 0.2) is 5.25 Å². The summed E-state index contributed by atoms with van der Waals surface area (Å²) < 4.78 is 60.0. The predicted octanol–water partition coefficient (Wildman–Crippen LogP) is 0.955. The van der Waals surface area contributed by atoms with Gasteiger partial charge in [-0.2, -0.15) is 0 Å². The minimum atomic E-state index is -5.01. The normalized spacial score (nSPS) is 14.6. The van der Waals surface area contributed by atoms with E-state index in [9.17, 15) is 22.6 Å². The first-order valence-electron chi connectivity index (χ1n) is 14.0. The number of rotatable bonds is 21. The average Bonchev–Trinajstić information content (AvgIpc) is 2.92. The standard InChI is InChI=1S/C20H38O7S.C6H17NO3Si.Na/c1-5-9-11-16(7-3)14-26-19(21)13-18(28(23,24)25)20(22)27-15-17(8-4)12-10-6-2;1-5-6(7)11(8-2,9-3)10-4;/h16-18H,5-15H2,1-4H3,(H,23,24,25);6H,5,7H2,1-4H3;/q;;+1/p-1. The maximum Gasteiger partial charge on any atom is 1.00 e. The van der Waals surface area contributed by atoms with Gasteiger partial charge in [0.2, 0.25) is 0 Å². The Hall–Kier alpha value is -0.0931. The van der Waals surface area contributed by atoms with Gasteiger partial charge < -0.3 is 33.0 Å². The van der Waals surface area contributed by atoms with Crippen molar-refractivity contribution in [2.24, 2.45) is 17.6 Å². The van der Waals surface area contributed by atoms with Crippen LogP contribution in [0.3, 0.4) is 0 Å². The predicted molar refractivity (Wildman–Crippen MR) is 152 cm³/mol. The molecule has 4 atom stereocenters. The van der Waals surface area contributed by atoms with E-state index in [0.29, 0.717) is 0 Å². The molecule has 0 aliphatic rings. The number of carbonyl (C=O) groups is 2. The fraction of sp³-hybridized carbons (Fsp3) is 0.923. The summed E-state index contributed by atoms with van der Waals surface area (Å²) in [6.07, 6.45) is 7.37. The Morgan fingerprint density at radius 2 is 1.23 bits per heavy atom. The van der Waals surface area contributed by atoms with Gasteiger partial charge in [0.25, 0.3) is 0 Å². The quantitative estimate of drug-likeness (QED) is 0.110. The van der Waals surface area contributed by atoms with E-state index in [1.54, 1.807) is 21.3 Å². The van der Waals surface area contributed by atoms with Gasteiger partial charge in [-0.15, -0.1) is 0 Å². The molecule has 0 saturated heterocycles. The zero-order valence-electron chi connectivity index (χ0n) is 26.4. The van der Waals surface area contributed by atoms with Crippen LogP contribution in [0.25, 0.3) is 0 Å². The van der Waals surface area contributed by atoms with Crippen molar-refractivity contribution in [1.82, 2.24) is 0 Å². The monoisotopic (exact) mass is 623 g/mol. The summed E-state index contributed by atoms with van der Waals surface area (Å²) in [6.45, 7) is 10.2. The van der Waals surface area contributed by atoms with Crippen LogP contribution in [0.5, 0.6) is 0 Å². The molecule has 0 heterocycles. The van der Waals surface area contributed by atoms with Gasteiger partial charge in [-0.05, 0) is 31.1 Å². The average molecular weight is 624 g/mol. The van der Waals surface area contributed by atoms with E-state index in [1.165, 1.54) is 0 Å². The summed E-state index contributed by atoms with van der Waals surface area (Å²) in [5.74, 6) is -1.74. The van der Waals surface area contributed by atoms with Gasteiger partial charge in [0, 0.05) is 21.3 Å². The van der Waals surface area contributed by atoms with Gasteiger partial charge in [0.1, 0.15) is 10.1 Å². The Labute approximate surface area is 266 Å². The number of hydrogen-bond donors (Lipinski definition) is 1. The number of unbranched alkanes of at least 4 members (excludes halogenated alkanes) is 2. The first-order valence-corrected chi connectivity index (χ1v) is 17.3. The van der Waals surface area contributed by atoms with Crippen LogP contribution < -0.4 is 35.3 Å². The maximum absolute atomic E-state index is 12.1. The Bertz CT molecular complexity index is 748. The Morgan fingerprint density at radius 1 is 0.800 bits per heavy atom. The van der Waals surface area contributed by atoms with Crippen molar-refractivity contribution in [2.45, 2.75) is 110 Å². The molecule has 234 valence electrons. The number of hydrogen-bond acceptors (Lipinski definition) is 11. The van der Waals surface area contributed by atoms with Crippen molar-refractivity contribution in [1.29, 1.82) is 0 Å². The minimum absolute atomic E-state index is 0. The van der Waals surface area contributed by atoms with E-state index in [4.69, 9.17) is 28.5 Å². The van der Waals surface area contributed by atoms with E-state index in [0.717, 1.165) is 57.8 Å². The van der Waals surface area contributed by atoms with E-state index in [-0.39, 0.29) is 60.3 Å². The SMILES string of the molecule is CCC(N)[Si](OC)(OC)OC.CCCCC(CC)COC(=O)CC(C(=O)OCC(CC)CCCC)S(=O)(=O)[O-].[Na+]. The molecule has 0 aromatic heterocycles. The van der Waals surface area contributed by atoms with Gasteiger partial charge >= 0.3 is 50.3 Å². The summed E-state index contributed by atoms with van der Waals surface area (Å²) in [7, 11) is -2.86. The molecular formula is C26H54NNaO10SSi. The molecule has 40 heavy (non-hydrogen) atoms. The summed E-state index contributed by atoms with van der Waals surface area (Å²) >= 11 is 0.